The van der Waals surface area contributed by atoms with Crippen LogP contribution in [0.2, 0.25) is 0 Å². The van der Waals surface area contributed by atoms with Gasteiger partial charge in [0.25, 0.3) is 0 Å². The van der Waals surface area contributed by atoms with E-state index in [1.165, 1.54) is 24.8 Å². The zero-order valence-electron chi connectivity index (χ0n) is 5.95. The van der Waals surface area contributed by atoms with Crippen LogP contribution >= 0.6 is 0 Å². The van der Waals surface area contributed by atoms with E-state index in [2.05, 4.69) is 16.4 Å². The molecular weight excluding hydrogens is 124 g/mol. The van der Waals surface area contributed by atoms with Crippen LogP contribution in [0.3, 0.4) is 0 Å². The number of fused-ring (bicyclic) bond motifs is 1. The Morgan fingerprint density at radius 3 is 3.40 bits per heavy atom. The molecule has 0 bridgehead atoms. The lowest BCUT2D eigenvalue weighted by molar-refractivity contribution is 0.502. The van der Waals surface area contributed by atoms with Gasteiger partial charge in [-0.3, -0.25) is 4.99 Å². The summed E-state index contributed by atoms with van der Waals surface area (Å²) in [5.74, 6) is 0. The lowest BCUT2D eigenvalue weighted by Crippen LogP contribution is -2.30. The third-order valence-electron chi connectivity index (χ3n) is 2.07. The fourth-order valence-corrected chi connectivity index (χ4v) is 1.51. The number of nitrogens with zero attached hydrogens (tertiary/aromatic N) is 2. The lowest BCUT2D eigenvalue weighted by atomic mass is 9.94. The molecule has 1 aliphatic carbocycles. The monoisotopic (exact) mass is 135 g/mol. The van der Waals surface area contributed by atoms with Crippen LogP contribution in [0.4, 0.5) is 0 Å². The van der Waals surface area contributed by atoms with E-state index in [1.807, 2.05) is 6.21 Å². The van der Waals surface area contributed by atoms with Gasteiger partial charge in [0.1, 0.15) is 6.67 Å². The maximum Gasteiger partial charge on any atom is 0.105 e. The molecule has 2 nitrogen and oxygen atoms in total. The number of allylic oxidation sites excluding steroid dienone is 1. The minimum Gasteiger partial charge on any atom is -0.276 e. The summed E-state index contributed by atoms with van der Waals surface area (Å²) in [4.78, 5) is 4.10. The van der Waals surface area contributed by atoms with Crippen molar-refractivity contribution < 1.29 is 0 Å². The lowest BCUT2D eigenvalue weighted by Gasteiger charge is -2.23. The predicted molar refractivity (Wildman–Crippen MR) is 41.2 cm³/mol. The third kappa shape index (κ3) is 0.991. The molecule has 2 rings (SSSR count). The number of aliphatic imine (C=N–C) groups is 1. The molecule has 0 saturated heterocycles. The number of hydrogen-bond donors (Lipinski definition) is 0. The standard InChI is InChI=1S/C8H11N2/c1-2-4-8-7(3-1)5-9-6-10-8/h3,5,8H,1-2,4,6H2. The van der Waals surface area contributed by atoms with E-state index >= 15 is 0 Å². The Hall–Kier alpha value is -0.630. The highest BCUT2D eigenvalue weighted by Crippen LogP contribution is 2.19. The van der Waals surface area contributed by atoms with Gasteiger partial charge < -0.3 is 0 Å². The minimum absolute atomic E-state index is 0.492. The van der Waals surface area contributed by atoms with Gasteiger partial charge in [-0.2, -0.15) is 0 Å². The Kier molecular flexibility index (Phi) is 1.55. The van der Waals surface area contributed by atoms with E-state index in [0.717, 1.165) is 0 Å². The highest BCUT2D eigenvalue weighted by atomic mass is 15.0. The molecule has 0 fully saturated rings. The van der Waals surface area contributed by atoms with Gasteiger partial charge in [0.05, 0.1) is 6.04 Å². The molecule has 0 N–H and O–H groups in total. The van der Waals surface area contributed by atoms with E-state index < -0.39 is 0 Å². The largest absolute Gasteiger partial charge is 0.276 e. The molecule has 2 aliphatic rings. The van der Waals surface area contributed by atoms with E-state index in [1.54, 1.807) is 0 Å². The van der Waals surface area contributed by atoms with Crippen molar-refractivity contribution in [2.45, 2.75) is 25.3 Å². The fourth-order valence-electron chi connectivity index (χ4n) is 1.51. The molecule has 0 spiro atoms. The smallest absolute Gasteiger partial charge is 0.105 e. The van der Waals surface area contributed by atoms with Gasteiger partial charge in [-0.15, -0.1) is 0 Å². The summed E-state index contributed by atoms with van der Waals surface area (Å²) in [6.07, 6.45) is 7.99. The Labute approximate surface area is 61.0 Å². The second-order valence-corrected chi connectivity index (χ2v) is 2.79. The molecule has 0 amide bonds. The average molecular weight is 135 g/mol. The normalized spacial score (nSPS) is 31.2. The molecule has 1 atom stereocenters. The molecular formula is C8H11N2. The van der Waals surface area contributed by atoms with Crippen LogP contribution in [0, 0.1) is 0 Å². The molecule has 1 heterocycles. The highest BCUT2D eigenvalue weighted by Gasteiger charge is 2.18. The van der Waals surface area contributed by atoms with Crippen LogP contribution < -0.4 is 5.32 Å². The molecule has 0 aromatic heterocycles. The SMILES string of the molecule is C1=NC[N]C2CCCC=C12. The Balaban J connectivity index is 2.21. The first kappa shape index (κ1) is 6.10. The molecule has 10 heavy (non-hydrogen) atoms. The summed E-state index contributed by atoms with van der Waals surface area (Å²) >= 11 is 0. The van der Waals surface area contributed by atoms with E-state index in [9.17, 15) is 0 Å². The summed E-state index contributed by atoms with van der Waals surface area (Å²) < 4.78 is 0. The molecule has 1 aliphatic heterocycles. The fraction of sp³-hybridized carbons (Fsp3) is 0.625. The molecule has 0 aromatic carbocycles. The number of rotatable bonds is 0. The van der Waals surface area contributed by atoms with Crippen molar-refractivity contribution in [1.29, 1.82) is 0 Å². The van der Waals surface area contributed by atoms with Crippen molar-refractivity contribution in [2.24, 2.45) is 4.99 Å². The van der Waals surface area contributed by atoms with Gasteiger partial charge in [-0.1, -0.05) is 6.08 Å². The van der Waals surface area contributed by atoms with Crippen molar-refractivity contribution in [2.75, 3.05) is 6.67 Å². The zero-order valence-corrected chi connectivity index (χ0v) is 5.95. The van der Waals surface area contributed by atoms with Crippen LogP contribution in [0.15, 0.2) is 16.6 Å². The summed E-state index contributed by atoms with van der Waals surface area (Å²) in [6, 6.07) is 0.492. The van der Waals surface area contributed by atoms with Crippen molar-refractivity contribution >= 4 is 6.21 Å². The summed E-state index contributed by atoms with van der Waals surface area (Å²) in [7, 11) is 0. The Bertz CT molecular complexity index is 182. The maximum atomic E-state index is 4.39. The zero-order chi connectivity index (χ0) is 6.81. The summed E-state index contributed by atoms with van der Waals surface area (Å²) in [5.41, 5.74) is 1.34. The first-order valence-corrected chi connectivity index (χ1v) is 3.83. The third-order valence-corrected chi connectivity index (χ3v) is 2.07. The first-order valence-electron chi connectivity index (χ1n) is 3.83. The van der Waals surface area contributed by atoms with Crippen molar-refractivity contribution in [3.05, 3.63) is 11.6 Å². The minimum atomic E-state index is 0.492. The number of hydrogen-bond acceptors (Lipinski definition) is 1. The van der Waals surface area contributed by atoms with Gasteiger partial charge in [0.2, 0.25) is 0 Å². The first-order chi connectivity index (χ1) is 4.97. The molecule has 1 radical (unpaired) electrons. The van der Waals surface area contributed by atoms with E-state index in [4.69, 9.17) is 0 Å². The van der Waals surface area contributed by atoms with Gasteiger partial charge in [-0.05, 0) is 24.8 Å². The van der Waals surface area contributed by atoms with Crippen LogP contribution in [0.25, 0.3) is 0 Å². The van der Waals surface area contributed by atoms with E-state index in [0.29, 0.717) is 12.7 Å². The van der Waals surface area contributed by atoms with Crippen molar-refractivity contribution in [3.63, 3.8) is 0 Å². The molecule has 2 heteroatoms. The van der Waals surface area contributed by atoms with E-state index in [-0.39, 0.29) is 0 Å². The van der Waals surface area contributed by atoms with Crippen LogP contribution in [0.1, 0.15) is 19.3 Å². The second-order valence-electron chi connectivity index (χ2n) is 2.79. The van der Waals surface area contributed by atoms with Gasteiger partial charge in [0, 0.05) is 6.21 Å². The topological polar surface area (TPSA) is 26.5 Å². The van der Waals surface area contributed by atoms with Gasteiger partial charge in [0.15, 0.2) is 0 Å². The Morgan fingerprint density at radius 1 is 1.50 bits per heavy atom. The summed E-state index contributed by atoms with van der Waals surface area (Å²) in [5, 5.41) is 4.39. The molecule has 1 unspecified atom stereocenters. The predicted octanol–water partition coefficient (Wildman–Crippen LogP) is 1.11. The van der Waals surface area contributed by atoms with Crippen LogP contribution in [-0.4, -0.2) is 18.9 Å². The molecule has 53 valence electrons. The summed E-state index contributed by atoms with van der Waals surface area (Å²) in [6.45, 7) is 0.683. The highest BCUT2D eigenvalue weighted by molar-refractivity contribution is 5.81. The molecule has 0 aromatic rings. The second kappa shape index (κ2) is 2.54. The van der Waals surface area contributed by atoms with Crippen LogP contribution in [0.5, 0.6) is 0 Å². The molecule has 0 saturated carbocycles. The van der Waals surface area contributed by atoms with Crippen molar-refractivity contribution in [1.82, 2.24) is 5.32 Å². The average Bonchev–Trinajstić information content (AvgIpc) is 2.05. The maximum absolute atomic E-state index is 4.39. The van der Waals surface area contributed by atoms with Gasteiger partial charge in [-0.25, -0.2) is 5.32 Å². The Morgan fingerprint density at radius 2 is 2.50 bits per heavy atom. The van der Waals surface area contributed by atoms with Gasteiger partial charge >= 0.3 is 0 Å². The van der Waals surface area contributed by atoms with Crippen LogP contribution in [-0.2, 0) is 0 Å². The van der Waals surface area contributed by atoms with Crippen molar-refractivity contribution in [3.8, 4) is 0 Å². The quantitative estimate of drug-likeness (QED) is 0.475.